The van der Waals surface area contributed by atoms with Gasteiger partial charge in [0.2, 0.25) is 0 Å². The second-order valence-electron chi connectivity index (χ2n) is 7.58. The van der Waals surface area contributed by atoms with Crippen LogP contribution in [0, 0.1) is 0 Å². The Hall–Kier alpha value is -2.09. The molecule has 0 bridgehead atoms. The second-order valence-corrected chi connectivity index (χ2v) is 8.39. The molecule has 6 nitrogen and oxygen atoms in total. The third kappa shape index (κ3) is 4.32. The molecular formula is C21H30N6S. The topological polar surface area (TPSA) is 74.7 Å². The Morgan fingerprint density at radius 1 is 1.11 bits per heavy atom. The van der Waals surface area contributed by atoms with E-state index in [1.165, 1.54) is 10.1 Å². The average molecular weight is 399 g/mol. The second kappa shape index (κ2) is 8.94. The van der Waals surface area contributed by atoms with Crippen LogP contribution in [0.3, 0.4) is 0 Å². The van der Waals surface area contributed by atoms with Crippen LogP contribution in [0.25, 0.3) is 10.1 Å². The molecule has 150 valence electrons. The first-order chi connectivity index (χ1) is 13.7. The maximum Gasteiger partial charge on any atom is 0.150 e. The van der Waals surface area contributed by atoms with E-state index in [1.54, 1.807) is 11.5 Å². The maximum atomic E-state index is 6.19. The van der Waals surface area contributed by atoms with Gasteiger partial charge in [0.25, 0.3) is 0 Å². The van der Waals surface area contributed by atoms with Crippen LogP contribution in [-0.2, 0) is 0 Å². The minimum absolute atomic E-state index is 0.852. The van der Waals surface area contributed by atoms with Crippen molar-refractivity contribution in [3.8, 4) is 0 Å². The number of benzene rings is 1. The lowest BCUT2D eigenvalue weighted by molar-refractivity contribution is 0.246. The Labute approximate surface area is 171 Å². The van der Waals surface area contributed by atoms with E-state index in [2.05, 4.69) is 46.2 Å². The number of nitrogens with zero attached hydrogens (tertiary/aromatic N) is 4. The van der Waals surface area contributed by atoms with Crippen molar-refractivity contribution in [2.45, 2.75) is 25.7 Å². The number of piperazine rings is 1. The fourth-order valence-electron chi connectivity index (χ4n) is 3.97. The number of anilines is 1. The number of fused-ring (bicyclic) bond motifs is 1. The summed E-state index contributed by atoms with van der Waals surface area (Å²) in [6.45, 7) is 6.27. The zero-order valence-electron chi connectivity index (χ0n) is 16.4. The molecule has 1 fully saturated rings. The van der Waals surface area contributed by atoms with Crippen LogP contribution in [-0.4, -0.2) is 53.6 Å². The molecule has 0 saturated carbocycles. The average Bonchev–Trinajstić information content (AvgIpc) is 3.16. The maximum absolute atomic E-state index is 6.19. The molecule has 7 heteroatoms. The lowest BCUT2D eigenvalue weighted by Crippen LogP contribution is -2.46. The smallest absolute Gasteiger partial charge is 0.150 e. The van der Waals surface area contributed by atoms with Gasteiger partial charge in [-0.05, 0) is 62.0 Å². The fourth-order valence-corrected chi connectivity index (χ4v) is 4.77. The van der Waals surface area contributed by atoms with Crippen molar-refractivity contribution in [1.82, 2.24) is 14.3 Å². The molecule has 0 unspecified atom stereocenters. The first kappa shape index (κ1) is 19.2. The summed E-state index contributed by atoms with van der Waals surface area (Å²) in [7, 11) is 0. The van der Waals surface area contributed by atoms with Gasteiger partial charge in [0, 0.05) is 43.8 Å². The molecule has 1 aliphatic carbocycles. The van der Waals surface area contributed by atoms with E-state index in [0.29, 0.717) is 0 Å². The van der Waals surface area contributed by atoms with Crippen molar-refractivity contribution in [1.29, 1.82) is 0 Å². The highest BCUT2D eigenvalue weighted by molar-refractivity contribution is 7.13. The minimum atomic E-state index is 0.852. The molecular weight excluding hydrogens is 368 g/mol. The Kier molecular flexibility index (Phi) is 6.14. The largest absolute Gasteiger partial charge is 0.400 e. The molecule has 2 heterocycles. The number of hydrogen-bond acceptors (Lipinski definition) is 7. The molecule has 0 amide bonds. The number of unbranched alkanes of at least 4 members (excludes halogenated alkanes) is 1. The molecule has 2 aliphatic rings. The van der Waals surface area contributed by atoms with Gasteiger partial charge in [0.05, 0.1) is 10.4 Å². The van der Waals surface area contributed by atoms with Gasteiger partial charge in [-0.1, -0.05) is 18.2 Å². The molecule has 0 spiro atoms. The van der Waals surface area contributed by atoms with Crippen LogP contribution in [0.4, 0.5) is 5.82 Å². The number of hydrazine groups is 1. The summed E-state index contributed by atoms with van der Waals surface area (Å²) >= 11 is 1.60. The highest BCUT2D eigenvalue weighted by Crippen LogP contribution is 2.29. The van der Waals surface area contributed by atoms with E-state index in [-0.39, 0.29) is 0 Å². The van der Waals surface area contributed by atoms with Crippen molar-refractivity contribution in [2.75, 3.05) is 44.2 Å². The van der Waals surface area contributed by atoms with E-state index in [9.17, 15) is 0 Å². The lowest BCUT2D eigenvalue weighted by Gasteiger charge is -2.35. The van der Waals surface area contributed by atoms with Gasteiger partial charge >= 0.3 is 0 Å². The summed E-state index contributed by atoms with van der Waals surface area (Å²) in [5, 5.41) is 3.10. The zero-order valence-corrected chi connectivity index (χ0v) is 17.2. The summed E-state index contributed by atoms with van der Waals surface area (Å²) < 4.78 is 5.97. The number of nitrogens with two attached hydrogens (primary N) is 2. The molecule has 28 heavy (non-hydrogen) atoms. The first-order valence-corrected chi connectivity index (χ1v) is 11.0. The number of hydrogen-bond donors (Lipinski definition) is 2. The summed E-state index contributed by atoms with van der Waals surface area (Å²) in [5.74, 6) is 7.35. The van der Waals surface area contributed by atoms with Crippen molar-refractivity contribution >= 4 is 27.4 Å². The van der Waals surface area contributed by atoms with Crippen LogP contribution in [0.2, 0.25) is 0 Å². The highest BCUT2D eigenvalue weighted by atomic mass is 32.1. The predicted octanol–water partition coefficient (Wildman–Crippen LogP) is 2.89. The summed E-state index contributed by atoms with van der Waals surface area (Å²) in [5.41, 5.74) is 7.99. The minimum Gasteiger partial charge on any atom is -0.400 e. The molecule has 0 radical (unpaired) electrons. The van der Waals surface area contributed by atoms with Crippen LogP contribution in [0.1, 0.15) is 25.7 Å². The number of aromatic nitrogens is 1. The van der Waals surface area contributed by atoms with Crippen molar-refractivity contribution in [2.24, 2.45) is 11.6 Å². The van der Waals surface area contributed by atoms with Crippen molar-refractivity contribution in [3.63, 3.8) is 0 Å². The van der Waals surface area contributed by atoms with Gasteiger partial charge in [-0.25, -0.2) is 5.84 Å². The molecule has 4 N–H and O–H groups in total. The predicted molar refractivity (Wildman–Crippen MR) is 118 cm³/mol. The fraction of sp³-hybridized carbons (Fsp3) is 0.476. The normalized spacial score (nSPS) is 18.2. The highest BCUT2D eigenvalue weighted by Gasteiger charge is 2.20. The Morgan fingerprint density at radius 3 is 2.75 bits per heavy atom. The van der Waals surface area contributed by atoms with E-state index >= 15 is 0 Å². The van der Waals surface area contributed by atoms with Gasteiger partial charge in [-0.3, -0.25) is 4.90 Å². The Morgan fingerprint density at radius 2 is 1.93 bits per heavy atom. The molecule has 1 aliphatic heterocycles. The molecule has 0 atom stereocenters. The van der Waals surface area contributed by atoms with E-state index in [0.717, 1.165) is 82.2 Å². The van der Waals surface area contributed by atoms with Crippen molar-refractivity contribution in [3.05, 3.63) is 47.8 Å². The first-order valence-electron chi connectivity index (χ1n) is 10.2. The lowest BCUT2D eigenvalue weighted by atomic mass is 10.1. The van der Waals surface area contributed by atoms with Gasteiger partial charge < -0.3 is 15.6 Å². The Balaban J connectivity index is 1.19. The monoisotopic (exact) mass is 398 g/mol. The standard InChI is InChI=1S/C21H30N6S/c22-18-8-2-3-9-19(18)27(23)12-6-5-11-25-13-15-26(16-14-25)21-17-7-1-4-10-20(17)28-24-21/h1,3-4,7,9-10H,2,5-6,8,11-16,22-23H2. The molecule has 4 rings (SSSR count). The third-order valence-electron chi connectivity index (χ3n) is 5.65. The van der Waals surface area contributed by atoms with Crippen LogP contribution in [0.5, 0.6) is 0 Å². The number of allylic oxidation sites excluding steroid dienone is 3. The molecule has 1 saturated heterocycles. The quantitative estimate of drug-likeness (QED) is 0.424. The van der Waals surface area contributed by atoms with Crippen molar-refractivity contribution < 1.29 is 0 Å². The van der Waals surface area contributed by atoms with E-state index in [1.807, 2.05) is 5.01 Å². The van der Waals surface area contributed by atoms with Gasteiger partial charge in [0.1, 0.15) is 5.82 Å². The summed E-state index contributed by atoms with van der Waals surface area (Å²) in [6, 6.07) is 8.52. The molecule has 2 aromatic rings. The van der Waals surface area contributed by atoms with Crippen LogP contribution >= 0.6 is 11.5 Å². The number of rotatable bonds is 7. The van der Waals surface area contributed by atoms with E-state index in [4.69, 9.17) is 15.9 Å². The van der Waals surface area contributed by atoms with Gasteiger partial charge in [0.15, 0.2) is 0 Å². The molecule has 1 aromatic carbocycles. The summed E-state index contributed by atoms with van der Waals surface area (Å²) in [6.07, 6.45) is 8.38. The van der Waals surface area contributed by atoms with E-state index < -0.39 is 0 Å². The van der Waals surface area contributed by atoms with Gasteiger partial charge in [-0.2, -0.15) is 4.37 Å². The zero-order chi connectivity index (χ0) is 19.3. The van der Waals surface area contributed by atoms with Crippen LogP contribution < -0.4 is 16.5 Å². The Bertz CT molecular complexity index is 849. The SMILES string of the molecule is NC1=C(N(N)CCCCN2CCN(c3nsc4ccccc34)CC2)C=CCC1. The van der Waals surface area contributed by atoms with Crippen LogP contribution in [0.15, 0.2) is 47.8 Å². The molecule has 1 aromatic heterocycles. The van der Waals surface area contributed by atoms with Gasteiger partial charge in [-0.15, -0.1) is 0 Å². The third-order valence-corrected chi connectivity index (χ3v) is 6.47. The summed E-state index contributed by atoms with van der Waals surface area (Å²) in [4.78, 5) is 4.99.